The van der Waals surface area contributed by atoms with Crippen molar-refractivity contribution in [3.63, 3.8) is 0 Å². The van der Waals surface area contributed by atoms with Crippen LogP contribution in [0.25, 0.3) is 11.1 Å². The summed E-state index contributed by atoms with van der Waals surface area (Å²) in [5, 5.41) is 2.62. The standard InChI is InChI=1S/C40H51N7O6/c1-25(2)36(42)39(51)47-17-9-15-45(14-8-16-46(38(50)26(3)41)22-27-18-28(23-47)20-29(19-27)37(43)49)35(48)21-44-40(52)53-24-34-32-12-6-4-10-30(32)31-11-5-7-13-33(31)34/h4-7,10-13,18-20,25-26,34,36H,8-9,14-17,21-24,41-42H2,1-3H3,(H2,43,49)(H,44,52)/t26-,36-/m0/s1. The van der Waals surface area contributed by atoms with Crippen LogP contribution in [0.1, 0.15) is 72.1 Å². The molecule has 1 aliphatic heterocycles. The minimum absolute atomic E-state index is 0.118. The zero-order chi connectivity index (χ0) is 38.2. The molecule has 1 aliphatic carbocycles. The number of nitrogens with one attached hydrogen (secondary N) is 1. The predicted octanol–water partition coefficient (Wildman–Crippen LogP) is 2.93. The van der Waals surface area contributed by atoms with Gasteiger partial charge in [-0.1, -0.05) is 68.4 Å². The molecule has 0 fully saturated rings. The molecule has 282 valence electrons. The molecule has 0 saturated heterocycles. The summed E-state index contributed by atoms with van der Waals surface area (Å²) in [7, 11) is 0. The Morgan fingerprint density at radius 1 is 0.755 bits per heavy atom. The van der Waals surface area contributed by atoms with Crippen LogP contribution in [0.15, 0.2) is 66.7 Å². The van der Waals surface area contributed by atoms with E-state index in [-0.39, 0.29) is 87.5 Å². The zero-order valence-electron chi connectivity index (χ0n) is 30.8. The first-order valence-corrected chi connectivity index (χ1v) is 18.2. The van der Waals surface area contributed by atoms with Gasteiger partial charge in [0.15, 0.2) is 0 Å². The molecule has 0 unspecified atom stereocenters. The van der Waals surface area contributed by atoms with E-state index in [1.54, 1.807) is 33.8 Å². The molecule has 7 N–H and O–H groups in total. The topological polar surface area (TPSA) is 194 Å². The van der Waals surface area contributed by atoms with E-state index >= 15 is 0 Å². The minimum Gasteiger partial charge on any atom is -0.449 e. The Morgan fingerprint density at radius 3 is 1.77 bits per heavy atom. The average Bonchev–Trinajstić information content (AvgIpc) is 3.46. The Labute approximate surface area is 310 Å². The van der Waals surface area contributed by atoms with Crippen LogP contribution in [0.5, 0.6) is 0 Å². The maximum absolute atomic E-state index is 13.6. The summed E-state index contributed by atoms with van der Waals surface area (Å²) in [6.45, 7) is 6.58. The SMILES string of the molecule is CC(C)[C@H](N)C(=O)N1CCCN(C(=O)CNC(=O)OCC2c3ccccc3-c3ccccc32)CCCN(C(=O)[C@H](C)N)Cc2cc(cc(C(N)=O)c2)C1. The first-order valence-electron chi connectivity index (χ1n) is 18.2. The van der Waals surface area contributed by atoms with Crippen LogP contribution in [0, 0.1) is 5.92 Å². The van der Waals surface area contributed by atoms with E-state index < -0.39 is 24.1 Å². The molecule has 0 saturated carbocycles. The van der Waals surface area contributed by atoms with Gasteiger partial charge in [0.25, 0.3) is 0 Å². The Kier molecular flexibility index (Phi) is 12.9. The number of hydrogen-bond donors (Lipinski definition) is 4. The number of hydrogen-bond acceptors (Lipinski definition) is 8. The maximum atomic E-state index is 13.6. The molecule has 13 nitrogen and oxygen atoms in total. The van der Waals surface area contributed by atoms with Crippen molar-refractivity contribution in [2.24, 2.45) is 23.1 Å². The first-order chi connectivity index (χ1) is 25.3. The van der Waals surface area contributed by atoms with Crippen LogP contribution in [-0.2, 0) is 32.2 Å². The van der Waals surface area contributed by atoms with Gasteiger partial charge in [0.1, 0.15) is 13.2 Å². The molecule has 1 heterocycles. The lowest BCUT2D eigenvalue weighted by molar-refractivity contribution is -0.134. The normalized spacial score (nSPS) is 16.2. The smallest absolute Gasteiger partial charge is 0.407 e. The second-order valence-corrected chi connectivity index (χ2v) is 14.2. The number of fused-ring (bicyclic) bond motifs is 5. The van der Waals surface area contributed by atoms with Crippen LogP contribution in [0.3, 0.4) is 0 Å². The molecule has 0 spiro atoms. The summed E-state index contributed by atoms with van der Waals surface area (Å²) in [5.74, 6) is -1.75. The van der Waals surface area contributed by atoms with Crippen LogP contribution in [0.2, 0.25) is 0 Å². The van der Waals surface area contributed by atoms with E-state index in [0.29, 0.717) is 24.0 Å². The molecule has 2 bridgehead atoms. The van der Waals surface area contributed by atoms with Crippen molar-refractivity contribution in [2.75, 3.05) is 39.3 Å². The number of alkyl carbamates (subject to hydrolysis) is 1. The van der Waals surface area contributed by atoms with E-state index in [0.717, 1.165) is 22.3 Å². The molecule has 0 radical (unpaired) electrons. The van der Waals surface area contributed by atoms with E-state index in [1.807, 2.05) is 56.3 Å². The molecule has 2 aliphatic rings. The maximum Gasteiger partial charge on any atom is 0.407 e. The minimum atomic E-state index is -0.780. The summed E-state index contributed by atoms with van der Waals surface area (Å²) >= 11 is 0. The number of primary amides is 1. The molecule has 0 aromatic heterocycles. The largest absolute Gasteiger partial charge is 0.449 e. The predicted molar refractivity (Wildman–Crippen MR) is 201 cm³/mol. The molecular weight excluding hydrogens is 674 g/mol. The second kappa shape index (κ2) is 17.5. The van der Waals surface area contributed by atoms with E-state index in [1.165, 1.54) is 0 Å². The number of rotatable bonds is 8. The number of nitrogens with zero attached hydrogens (tertiary/aromatic N) is 3. The Morgan fingerprint density at radius 2 is 1.26 bits per heavy atom. The number of carbonyl (C=O) groups is 5. The van der Waals surface area contributed by atoms with Gasteiger partial charge in [-0.2, -0.15) is 0 Å². The second-order valence-electron chi connectivity index (χ2n) is 14.2. The highest BCUT2D eigenvalue weighted by Crippen LogP contribution is 2.44. The fourth-order valence-corrected chi connectivity index (χ4v) is 7.02. The third kappa shape index (κ3) is 9.59. The van der Waals surface area contributed by atoms with Crippen molar-refractivity contribution < 1.29 is 28.7 Å². The molecule has 2 atom stereocenters. The van der Waals surface area contributed by atoms with Gasteiger partial charge < -0.3 is 42.0 Å². The van der Waals surface area contributed by atoms with Crippen LogP contribution in [0.4, 0.5) is 4.79 Å². The van der Waals surface area contributed by atoms with Gasteiger partial charge >= 0.3 is 6.09 Å². The molecule has 5 rings (SSSR count). The zero-order valence-corrected chi connectivity index (χ0v) is 30.8. The summed E-state index contributed by atoms with van der Waals surface area (Å²) in [5.41, 5.74) is 24.0. The molecule has 5 amide bonds. The fraction of sp³-hybridized carbons (Fsp3) is 0.425. The van der Waals surface area contributed by atoms with Gasteiger partial charge in [0, 0.05) is 50.7 Å². The van der Waals surface area contributed by atoms with Crippen molar-refractivity contribution >= 4 is 29.7 Å². The lowest BCUT2D eigenvalue weighted by Crippen LogP contribution is -2.48. The van der Waals surface area contributed by atoms with Crippen molar-refractivity contribution in [1.82, 2.24) is 20.0 Å². The monoisotopic (exact) mass is 725 g/mol. The van der Waals surface area contributed by atoms with Gasteiger partial charge in [-0.15, -0.1) is 0 Å². The fourth-order valence-electron chi connectivity index (χ4n) is 7.02. The summed E-state index contributed by atoms with van der Waals surface area (Å²) in [6.07, 6.45) is 0.128. The third-order valence-electron chi connectivity index (χ3n) is 9.89. The third-order valence-corrected chi connectivity index (χ3v) is 9.89. The highest BCUT2D eigenvalue weighted by atomic mass is 16.5. The molecule has 13 heteroatoms. The van der Waals surface area contributed by atoms with E-state index in [2.05, 4.69) is 17.4 Å². The van der Waals surface area contributed by atoms with Crippen molar-refractivity contribution in [2.45, 2.75) is 64.7 Å². The first kappa shape index (κ1) is 38.9. The highest BCUT2D eigenvalue weighted by Gasteiger charge is 2.30. The van der Waals surface area contributed by atoms with E-state index in [9.17, 15) is 24.0 Å². The van der Waals surface area contributed by atoms with Crippen LogP contribution in [-0.4, -0.2) is 95.8 Å². The Bertz CT molecular complexity index is 1780. The van der Waals surface area contributed by atoms with Gasteiger partial charge in [-0.25, -0.2) is 4.79 Å². The number of benzene rings is 3. The summed E-state index contributed by atoms with van der Waals surface area (Å²) in [4.78, 5) is 70.5. The lowest BCUT2D eigenvalue weighted by Gasteiger charge is -2.31. The van der Waals surface area contributed by atoms with Crippen LogP contribution < -0.4 is 22.5 Å². The van der Waals surface area contributed by atoms with Crippen molar-refractivity contribution in [3.05, 3.63) is 94.5 Å². The molecular formula is C40H51N7O6. The molecule has 53 heavy (non-hydrogen) atoms. The van der Waals surface area contributed by atoms with Crippen LogP contribution >= 0.6 is 0 Å². The summed E-state index contributed by atoms with van der Waals surface area (Å²) < 4.78 is 5.64. The van der Waals surface area contributed by atoms with Crippen molar-refractivity contribution in [3.8, 4) is 11.1 Å². The molecule has 3 aromatic rings. The summed E-state index contributed by atoms with van der Waals surface area (Å²) in [6, 6.07) is 19.7. The number of ether oxygens (including phenoxy) is 1. The Hall–Kier alpha value is -5.27. The molecule has 3 aromatic carbocycles. The highest BCUT2D eigenvalue weighted by molar-refractivity contribution is 5.93. The number of nitrogens with two attached hydrogens (primary N) is 3. The quantitative estimate of drug-likeness (QED) is 0.272. The van der Waals surface area contributed by atoms with Gasteiger partial charge in [-0.05, 0) is 71.2 Å². The number of carbonyl (C=O) groups excluding carboxylic acids is 5. The average molecular weight is 726 g/mol. The van der Waals surface area contributed by atoms with Gasteiger partial charge in [0.2, 0.25) is 23.6 Å². The van der Waals surface area contributed by atoms with Gasteiger partial charge in [0.05, 0.1) is 12.1 Å². The van der Waals surface area contributed by atoms with Crippen molar-refractivity contribution in [1.29, 1.82) is 0 Å². The van der Waals surface area contributed by atoms with E-state index in [4.69, 9.17) is 21.9 Å². The number of amides is 5. The van der Waals surface area contributed by atoms with Gasteiger partial charge in [-0.3, -0.25) is 19.2 Å². The lowest BCUT2D eigenvalue weighted by atomic mass is 9.98. The Balaban J connectivity index is 1.29.